The fourth-order valence-corrected chi connectivity index (χ4v) is 2.93. The van der Waals surface area contributed by atoms with Gasteiger partial charge in [-0.05, 0) is 44.5 Å². The lowest BCUT2D eigenvalue weighted by atomic mass is 10.1. The van der Waals surface area contributed by atoms with Gasteiger partial charge < -0.3 is 10.6 Å². The molecule has 20 heavy (non-hydrogen) atoms. The molecule has 0 unspecified atom stereocenters. The minimum atomic E-state index is 0.0566. The Bertz CT molecular complexity index is 671. The Morgan fingerprint density at radius 3 is 2.55 bits per heavy atom. The summed E-state index contributed by atoms with van der Waals surface area (Å²) in [6, 6.07) is 11.7. The number of carbonyl (C=O) groups is 1. The maximum absolute atomic E-state index is 12.7. The molecule has 0 bridgehead atoms. The molecule has 102 valence electrons. The molecule has 2 aromatic carbocycles. The molecule has 1 aliphatic rings. The molecule has 1 aliphatic heterocycles. The molecule has 0 radical (unpaired) electrons. The molecule has 2 aromatic rings. The Labute approximate surface area is 119 Å². The van der Waals surface area contributed by atoms with Crippen LogP contribution in [0, 0.1) is 13.8 Å². The summed E-state index contributed by atoms with van der Waals surface area (Å²) in [4.78, 5) is 14.5. The average Bonchev–Trinajstić information content (AvgIpc) is 2.82. The number of amides is 1. The van der Waals surface area contributed by atoms with Crippen molar-refractivity contribution in [2.75, 3.05) is 17.2 Å². The summed E-state index contributed by atoms with van der Waals surface area (Å²) < 4.78 is 0. The summed E-state index contributed by atoms with van der Waals surface area (Å²) in [5.41, 5.74) is 11.8. The maximum Gasteiger partial charge on any atom is 0.258 e. The molecule has 0 aromatic heterocycles. The Hall–Kier alpha value is -2.29. The van der Waals surface area contributed by atoms with Gasteiger partial charge in [0.25, 0.3) is 5.91 Å². The summed E-state index contributed by atoms with van der Waals surface area (Å²) in [5.74, 6) is 0.0566. The highest BCUT2D eigenvalue weighted by atomic mass is 16.2. The largest absolute Gasteiger partial charge is 0.398 e. The lowest BCUT2D eigenvalue weighted by molar-refractivity contribution is 0.0989. The van der Waals surface area contributed by atoms with Gasteiger partial charge in [-0.15, -0.1) is 0 Å². The molecule has 1 amide bonds. The third-order valence-electron chi connectivity index (χ3n) is 3.78. The fourth-order valence-electron chi connectivity index (χ4n) is 2.93. The zero-order valence-electron chi connectivity index (χ0n) is 11.8. The van der Waals surface area contributed by atoms with E-state index in [1.165, 1.54) is 0 Å². The van der Waals surface area contributed by atoms with Crippen LogP contribution in [0.5, 0.6) is 0 Å². The molecular formula is C17H18N2O. The number of nitrogens with zero attached hydrogens (tertiary/aromatic N) is 1. The standard InChI is InChI=1S/C17H18N2O/c1-11-8-12(2)10-13(9-11)17(20)19-7-6-14-15(18)4-3-5-16(14)19/h3-5,8-10H,6-7,18H2,1-2H3. The highest BCUT2D eigenvalue weighted by Gasteiger charge is 2.26. The minimum Gasteiger partial charge on any atom is -0.398 e. The smallest absolute Gasteiger partial charge is 0.258 e. The van der Waals surface area contributed by atoms with Gasteiger partial charge in [-0.25, -0.2) is 0 Å². The number of rotatable bonds is 1. The maximum atomic E-state index is 12.7. The van der Waals surface area contributed by atoms with Crippen LogP contribution in [0.4, 0.5) is 11.4 Å². The molecular weight excluding hydrogens is 248 g/mol. The summed E-state index contributed by atoms with van der Waals surface area (Å²) >= 11 is 0. The summed E-state index contributed by atoms with van der Waals surface area (Å²) in [6.45, 7) is 4.73. The number of nitrogen functional groups attached to an aromatic ring is 1. The molecule has 0 aliphatic carbocycles. The third kappa shape index (κ3) is 2.05. The van der Waals surface area contributed by atoms with E-state index in [4.69, 9.17) is 5.73 Å². The Morgan fingerprint density at radius 2 is 1.85 bits per heavy atom. The number of fused-ring (bicyclic) bond motifs is 1. The second-order valence-corrected chi connectivity index (χ2v) is 5.43. The molecule has 0 saturated carbocycles. The van der Waals surface area contributed by atoms with Crippen LogP contribution < -0.4 is 10.6 Å². The first-order valence-electron chi connectivity index (χ1n) is 6.84. The van der Waals surface area contributed by atoms with Crippen molar-refractivity contribution in [2.24, 2.45) is 0 Å². The van der Waals surface area contributed by atoms with Crippen LogP contribution in [0.3, 0.4) is 0 Å². The van der Waals surface area contributed by atoms with Gasteiger partial charge in [-0.1, -0.05) is 23.3 Å². The number of aryl methyl sites for hydroxylation is 2. The molecule has 0 fully saturated rings. The fraction of sp³-hybridized carbons (Fsp3) is 0.235. The van der Waals surface area contributed by atoms with Crippen molar-refractivity contribution in [3.63, 3.8) is 0 Å². The number of nitrogens with two attached hydrogens (primary N) is 1. The molecule has 3 nitrogen and oxygen atoms in total. The van der Waals surface area contributed by atoms with E-state index in [2.05, 4.69) is 6.07 Å². The van der Waals surface area contributed by atoms with E-state index in [0.29, 0.717) is 6.54 Å². The zero-order chi connectivity index (χ0) is 14.3. The van der Waals surface area contributed by atoms with Gasteiger partial charge in [0, 0.05) is 29.0 Å². The molecule has 3 rings (SSSR count). The van der Waals surface area contributed by atoms with Gasteiger partial charge in [-0.2, -0.15) is 0 Å². The van der Waals surface area contributed by atoms with Crippen LogP contribution in [-0.4, -0.2) is 12.5 Å². The van der Waals surface area contributed by atoms with E-state index >= 15 is 0 Å². The SMILES string of the molecule is Cc1cc(C)cc(C(=O)N2CCc3c(N)cccc32)c1. The highest BCUT2D eigenvalue weighted by molar-refractivity contribution is 6.07. The van der Waals surface area contributed by atoms with E-state index in [1.807, 2.05) is 49.1 Å². The monoisotopic (exact) mass is 266 g/mol. The van der Waals surface area contributed by atoms with Crippen molar-refractivity contribution >= 4 is 17.3 Å². The highest BCUT2D eigenvalue weighted by Crippen LogP contribution is 2.33. The van der Waals surface area contributed by atoms with Crippen molar-refractivity contribution in [3.8, 4) is 0 Å². The number of hydrogen-bond acceptors (Lipinski definition) is 2. The zero-order valence-corrected chi connectivity index (χ0v) is 11.8. The Kier molecular flexibility index (Phi) is 2.97. The van der Waals surface area contributed by atoms with Gasteiger partial charge >= 0.3 is 0 Å². The molecule has 0 spiro atoms. The first-order valence-corrected chi connectivity index (χ1v) is 6.84. The molecule has 2 N–H and O–H groups in total. The van der Waals surface area contributed by atoms with E-state index in [9.17, 15) is 4.79 Å². The van der Waals surface area contributed by atoms with Gasteiger partial charge in [0.1, 0.15) is 0 Å². The van der Waals surface area contributed by atoms with Crippen molar-refractivity contribution < 1.29 is 4.79 Å². The van der Waals surface area contributed by atoms with Crippen LogP contribution in [0.25, 0.3) is 0 Å². The number of carbonyl (C=O) groups excluding carboxylic acids is 1. The van der Waals surface area contributed by atoms with Crippen LogP contribution in [0.2, 0.25) is 0 Å². The van der Waals surface area contributed by atoms with Crippen LogP contribution >= 0.6 is 0 Å². The van der Waals surface area contributed by atoms with Gasteiger partial charge in [0.15, 0.2) is 0 Å². The van der Waals surface area contributed by atoms with Gasteiger partial charge in [0.2, 0.25) is 0 Å². The predicted molar refractivity (Wildman–Crippen MR) is 82.2 cm³/mol. The normalized spacial score (nSPS) is 13.4. The van der Waals surface area contributed by atoms with E-state index in [-0.39, 0.29) is 5.91 Å². The predicted octanol–water partition coefficient (Wildman–Crippen LogP) is 3.09. The molecule has 3 heteroatoms. The van der Waals surface area contributed by atoms with Crippen LogP contribution in [0.1, 0.15) is 27.0 Å². The first kappa shape index (κ1) is 12.7. The lowest BCUT2D eigenvalue weighted by Crippen LogP contribution is -2.29. The van der Waals surface area contributed by atoms with Crippen molar-refractivity contribution in [1.82, 2.24) is 0 Å². The lowest BCUT2D eigenvalue weighted by Gasteiger charge is -2.18. The number of anilines is 2. The quantitative estimate of drug-likeness (QED) is 0.806. The van der Waals surface area contributed by atoms with E-state index in [0.717, 1.165) is 40.0 Å². The molecule has 0 atom stereocenters. The Morgan fingerprint density at radius 1 is 1.15 bits per heavy atom. The van der Waals surface area contributed by atoms with Crippen molar-refractivity contribution in [3.05, 3.63) is 58.7 Å². The Balaban J connectivity index is 2.00. The average molecular weight is 266 g/mol. The van der Waals surface area contributed by atoms with Gasteiger partial charge in [-0.3, -0.25) is 4.79 Å². The van der Waals surface area contributed by atoms with Crippen molar-refractivity contribution in [2.45, 2.75) is 20.3 Å². The molecule has 1 heterocycles. The van der Waals surface area contributed by atoms with Crippen LogP contribution in [-0.2, 0) is 6.42 Å². The minimum absolute atomic E-state index is 0.0566. The summed E-state index contributed by atoms with van der Waals surface area (Å²) in [5, 5.41) is 0. The second-order valence-electron chi connectivity index (χ2n) is 5.43. The second kappa shape index (κ2) is 4.67. The van der Waals surface area contributed by atoms with E-state index in [1.54, 1.807) is 0 Å². The summed E-state index contributed by atoms with van der Waals surface area (Å²) in [6.07, 6.45) is 0.832. The topological polar surface area (TPSA) is 46.3 Å². The number of benzene rings is 2. The molecule has 0 saturated heterocycles. The summed E-state index contributed by atoms with van der Waals surface area (Å²) in [7, 11) is 0. The van der Waals surface area contributed by atoms with Gasteiger partial charge in [0.05, 0.1) is 0 Å². The van der Waals surface area contributed by atoms with Crippen molar-refractivity contribution in [1.29, 1.82) is 0 Å². The third-order valence-corrected chi connectivity index (χ3v) is 3.78. The number of hydrogen-bond donors (Lipinski definition) is 1. The first-order chi connectivity index (χ1) is 9.56. The van der Waals surface area contributed by atoms with Crippen LogP contribution in [0.15, 0.2) is 36.4 Å². The van der Waals surface area contributed by atoms with E-state index < -0.39 is 0 Å².